The monoisotopic (exact) mass is 483 g/mol. The summed E-state index contributed by atoms with van der Waals surface area (Å²) in [5.41, 5.74) is 4.22. The van der Waals surface area contributed by atoms with Crippen molar-refractivity contribution in [2.75, 3.05) is 32.2 Å². The van der Waals surface area contributed by atoms with Gasteiger partial charge in [-0.3, -0.25) is 19.3 Å². The van der Waals surface area contributed by atoms with Crippen LogP contribution in [0.25, 0.3) is 0 Å². The standard InChI is InChI=1S/C28H25N3O5/c1-35-22-12-11-20-24(25(22)36-2)28(34)31-21-10-6-5-9-19(21)27(33)30(26(20)31)16-23(32)29-14-13-17-7-3-4-8-18(17)15-29/h3-12,26H,13-16H2,1-2H3/t26-/m0/s1. The van der Waals surface area contributed by atoms with Crippen LogP contribution in [-0.2, 0) is 17.8 Å². The third kappa shape index (κ3) is 3.17. The highest BCUT2D eigenvalue weighted by Gasteiger charge is 2.50. The van der Waals surface area contributed by atoms with E-state index in [-0.39, 0.29) is 24.3 Å². The molecular weight excluding hydrogens is 458 g/mol. The lowest BCUT2D eigenvalue weighted by Crippen LogP contribution is -2.52. The second kappa shape index (κ2) is 8.41. The Labute approximate surface area is 208 Å². The molecule has 3 heterocycles. The lowest BCUT2D eigenvalue weighted by molar-refractivity contribution is -0.133. The first-order valence-corrected chi connectivity index (χ1v) is 11.9. The first-order valence-electron chi connectivity index (χ1n) is 11.9. The number of anilines is 1. The Morgan fingerprint density at radius 3 is 2.44 bits per heavy atom. The predicted octanol–water partition coefficient (Wildman–Crippen LogP) is 3.40. The van der Waals surface area contributed by atoms with Crippen LogP contribution in [0.4, 0.5) is 5.69 Å². The quantitative estimate of drug-likeness (QED) is 0.568. The second-order valence-corrected chi connectivity index (χ2v) is 9.10. The Bertz CT molecular complexity index is 1420. The summed E-state index contributed by atoms with van der Waals surface area (Å²) in [4.78, 5) is 45.9. The predicted molar refractivity (Wildman–Crippen MR) is 132 cm³/mol. The molecule has 3 aromatic rings. The maximum Gasteiger partial charge on any atom is 0.264 e. The molecule has 6 rings (SSSR count). The van der Waals surface area contributed by atoms with Crippen molar-refractivity contribution in [1.82, 2.24) is 9.80 Å². The Balaban J connectivity index is 1.41. The Morgan fingerprint density at radius 1 is 0.917 bits per heavy atom. The molecule has 0 saturated carbocycles. The number of carbonyl (C=O) groups excluding carboxylic acids is 3. The SMILES string of the molecule is COc1ccc2c(c1OC)C(=O)N1c3ccccc3C(=O)N(CC(=O)N3CCc4ccccc4C3)[C@H]21. The molecule has 0 aromatic heterocycles. The van der Waals surface area contributed by atoms with E-state index >= 15 is 0 Å². The van der Waals surface area contributed by atoms with Crippen LogP contribution in [0.1, 0.15) is 43.6 Å². The molecular formula is C28H25N3O5. The molecule has 3 amide bonds. The van der Waals surface area contributed by atoms with E-state index in [1.165, 1.54) is 24.7 Å². The summed E-state index contributed by atoms with van der Waals surface area (Å²) in [6.07, 6.45) is 0.0164. The molecule has 182 valence electrons. The number of fused-ring (bicyclic) bond motifs is 6. The van der Waals surface area contributed by atoms with Crippen LogP contribution in [0, 0.1) is 0 Å². The molecule has 0 unspecified atom stereocenters. The van der Waals surface area contributed by atoms with Crippen molar-refractivity contribution >= 4 is 23.4 Å². The Kier molecular flexibility index (Phi) is 5.17. The zero-order valence-corrected chi connectivity index (χ0v) is 20.1. The summed E-state index contributed by atoms with van der Waals surface area (Å²) in [5.74, 6) is 0.0126. The summed E-state index contributed by atoms with van der Waals surface area (Å²) >= 11 is 0. The molecule has 0 spiro atoms. The lowest BCUT2D eigenvalue weighted by atomic mass is 9.99. The van der Waals surface area contributed by atoms with Gasteiger partial charge in [-0.1, -0.05) is 42.5 Å². The number of rotatable bonds is 4. The number of hydrogen-bond acceptors (Lipinski definition) is 5. The number of amides is 3. The molecule has 0 fully saturated rings. The molecule has 0 bridgehead atoms. The van der Waals surface area contributed by atoms with Gasteiger partial charge in [-0.25, -0.2) is 0 Å². The summed E-state index contributed by atoms with van der Waals surface area (Å²) in [6.45, 7) is 0.948. The van der Waals surface area contributed by atoms with Gasteiger partial charge < -0.3 is 19.3 Å². The van der Waals surface area contributed by atoms with Gasteiger partial charge in [0, 0.05) is 18.7 Å². The van der Waals surface area contributed by atoms with Crippen molar-refractivity contribution in [3.8, 4) is 11.5 Å². The zero-order valence-electron chi connectivity index (χ0n) is 20.1. The topological polar surface area (TPSA) is 79.4 Å². The van der Waals surface area contributed by atoms with Crippen LogP contribution in [-0.4, -0.2) is 54.8 Å². The van der Waals surface area contributed by atoms with E-state index < -0.39 is 6.17 Å². The minimum absolute atomic E-state index is 0.141. The van der Waals surface area contributed by atoms with Gasteiger partial charge in [-0.2, -0.15) is 0 Å². The molecule has 8 heteroatoms. The molecule has 0 N–H and O–H groups in total. The van der Waals surface area contributed by atoms with E-state index in [1.54, 1.807) is 46.2 Å². The molecule has 3 aliphatic rings. The van der Waals surface area contributed by atoms with Gasteiger partial charge in [-0.05, 0) is 35.7 Å². The van der Waals surface area contributed by atoms with Crippen LogP contribution < -0.4 is 14.4 Å². The number of nitrogens with zero attached hydrogens (tertiary/aromatic N) is 3. The van der Waals surface area contributed by atoms with Gasteiger partial charge in [-0.15, -0.1) is 0 Å². The first kappa shape index (κ1) is 22.2. The molecule has 3 aromatic carbocycles. The van der Waals surface area contributed by atoms with E-state index in [9.17, 15) is 14.4 Å². The molecule has 8 nitrogen and oxygen atoms in total. The number of hydrogen-bond donors (Lipinski definition) is 0. The smallest absolute Gasteiger partial charge is 0.264 e. The normalized spacial score (nSPS) is 17.8. The maximum absolute atomic E-state index is 13.8. The van der Waals surface area contributed by atoms with Crippen molar-refractivity contribution in [2.45, 2.75) is 19.1 Å². The Morgan fingerprint density at radius 2 is 1.67 bits per heavy atom. The highest BCUT2D eigenvalue weighted by atomic mass is 16.5. The molecule has 0 radical (unpaired) electrons. The van der Waals surface area contributed by atoms with Crippen LogP contribution in [0.15, 0.2) is 60.7 Å². The van der Waals surface area contributed by atoms with Crippen molar-refractivity contribution in [2.24, 2.45) is 0 Å². The molecule has 36 heavy (non-hydrogen) atoms. The average molecular weight is 484 g/mol. The summed E-state index contributed by atoms with van der Waals surface area (Å²) in [6, 6.07) is 18.6. The van der Waals surface area contributed by atoms with Gasteiger partial charge in [0.05, 0.1) is 31.0 Å². The molecule has 1 atom stereocenters. The van der Waals surface area contributed by atoms with Gasteiger partial charge in [0.2, 0.25) is 5.91 Å². The molecule has 0 aliphatic carbocycles. The van der Waals surface area contributed by atoms with Crippen molar-refractivity contribution in [3.05, 3.63) is 88.5 Å². The van der Waals surface area contributed by atoms with E-state index in [2.05, 4.69) is 6.07 Å². The van der Waals surface area contributed by atoms with Gasteiger partial charge >= 0.3 is 0 Å². The average Bonchev–Trinajstić information content (AvgIpc) is 3.22. The van der Waals surface area contributed by atoms with Crippen LogP contribution >= 0.6 is 0 Å². The molecule has 0 saturated heterocycles. The number of ether oxygens (including phenoxy) is 2. The minimum Gasteiger partial charge on any atom is -0.493 e. The highest BCUT2D eigenvalue weighted by Crippen LogP contribution is 2.49. The van der Waals surface area contributed by atoms with Crippen molar-refractivity contribution in [1.29, 1.82) is 0 Å². The number of para-hydroxylation sites is 1. The minimum atomic E-state index is -0.754. The summed E-state index contributed by atoms with van der Waals surface area (Å²) in [7, 11) is 2.99. The van der Waals surface area contributed by atoms with Crippen LogP contribution in [0.5, 0.6) is 11.5 Å². The summed E-state index contributed by atoms with van der Waals surface area (Å²) < 4.78 is 11.0. The summed E-state index contributed by atoms with van der Waals surface area (Å²) in [5, 5.41) is 0. The fourth-order valence-electron chi connectivity index (χ4n) is 5.54. The first-order chi connectivity index (χ1) is 17.5. The van der Waals surface area contributed by atoms with Gasteiger partial charge in [0.25, 0.3) is 11.8 Å². The second-order valence-electron chi connectivity index (χ2n) is 9.10. The van der Waals surface area contributed by atoms with E-state index in [0.29, 0.717) is 47.0 Å². The lowest BCUT2D eigenvalue weighted by Gasteiger charge is -2.41. The van der Waals surface area contributed by atoms with Gasteiger partial charge in [0.1, 0.15) is 12.7 Å². The van der Waals surface area contributed by atoms with Crippen molar-refractivity contribution < 1.29 is 23.9 Å². The largest absolute Gasteiger partial charge is 0.493 e. The fraction of sp³-hybridized carbons (Fsp3) is 0.250. The number of carbonyl (C=O) groups is 3. The highest BCUT2D eigenvalue weighted by molar-refractivity contribution is 6.18. The van der Waals surface area contributed by atoms with E-state index in [4.69, 9.17) is 9.47 Å². The van der Waals surface area contributed by atoms with Crippen LogP contribution in [0.2, 0.25) is 0 Å². The maximum atomic E-state index is 13.8. The zero-order chi connectivity index (χ0) is 25.0. The van der Waals surface area contributed by atoms with Crippen molar-refractivity contribution in [3.63, 3.8) is 0 Å². The number of methoxy groups -OCH3 is 2. The van der Waals surface area contributed by atoms with Crippen LogP contribution in [0.3, 0.4) is 0 Å². The Hall–Kier alpha value is -4.33. The molecule has 3 aliphatic heterocycles. The van der Waals surface area contributed by atoms with Gasteiger partial charge in [0.15, 0.2) is 11.5 Å². The van der Waals surface area contributed by atoms with E-state index in [1.807, 2.05) is 18.2 Å². The third-order valence-electron chi connectivity index (χ3n) is 7.27. The van der Waals surface area contributed by atoms with E-state index in [0.717, 1.165) is 12.0 Å². The number of benzene rings is 3. The third-order valence-corrected chi connectivity index (χ3v) is 7.27. The fourth-order valence-corrected chi connectivity index (χ4v) is 5.54.